The normalized spacial score (nSPS) is 9.83. The Morgan fingerprint density at radius 3 is 3.08 bits per heavy atom. The zero-order valence-corrected chi connectivity index (χ0v) is 6.88. The molecule has 0 aliphatic heterocycles. The molecule has 4 heteroatoms. The van der Waals surface area contributed by atoms with Crippen molar-refractivity contribution in [1.82, 2.24) is 4.98 Å². The minimum Gasteiger partial charge on any atom is -0.491 e. The highest BCUT2D eigenvalue weighted by molar-refractivity contribution is 5.50. The predicted molar refractivity (Wildman–Crippen MR) is 44.4 cm³/mol. The number of rotatable bonds is 3. The zero-order chi connectivity index (χ0) is 8.97. The second kappa shape index (κ2) is 3.90. The number of anilines is 1. The third kappa shape index (κ3) is 1.84. The molecule has 0 saturated heterocycles. The maximum absolute atomic E-state index is 12.7. The average Bonchev–Trinajstić information content (AvgIpc) is 2.08. The van der Waals surface area contributed by atoms with Crippen LogP contribution in [0, 0.1) is 5.95 Å². The van der Waals surface area contributed by atoms with Gasteiger partial charge in [0.1, 0.15) is 11.4 Å². The van der Waals surface area contributed by atoms with Gasteiger partial charge < -0.3 is 10.5 Å². The summed E-state index contributed by atoms with van der Waals surface area (Å²) in [6, 6.07) is 1.55. The van der Waals surface area contributed by atoms with Crippen molar-refractivity contribution < 1.29 is 9.13 Å². The molecule has 1 aromatic rings. The molecule has 0 unspecified atom stereocenters. The molecule has 0 radical (unpaired) electrons. The van der Waals surface area contributed by atoms with Gasteiger partial charge in [-0.25, -0.2) is 4.98 Å². The summed E-state index contributed by atoms with van der Waals surface area (Å²) in [6.07, 6.45) is 2.19. The Bertz CT molecular complexity index is 265. The number of nitrogens with two attached hydrogens (primary N) is 1. The number of nitrogens with zero attached hydrogens (tertiary/aromatic N) is 1. The van der Waals surface area contributed by atoms with Gasteiger partial charge in [0, 0.05) is 12.3 Å². The molecule has 2 N–H and O–H groups in total. The standard InChI is InChI=1S/C8H11FN2O/c1-2-5-12-6-3-4-11-8(9)7(6)10/h3-4H,2,5,10H2,1H3. The fourth-order valence-electron chi connectivity index (χ4n) is 0.769. The second-order valence-corrected chi connectivity index (χ2v) is 2.36. The van der Waals surface area contributed by atoms with Crippen LogP contribution in [0.2, 0.25) is 0 Å². The fourth-order valence-corrected chi connectivity index (χ4v) is 0.769. The van der Waals surface area contributed by atoms with Gasteiger partial charge in [0.25, 0.3) is 0 Å². The van der Waals surface area contributed by atoms with Crippen LogP contribution in [0.1, 0.15) is 13.3 Å². The third-order valence-electron chi connectivity index (χ3n) is 1.36. The van der Waals surface area contributed by atoms with E-state index in [2.05, 4.69) is 4.98 Å². The first kappa shape index (κ1) is 8.77. The highest BCUT2D eigenvalue weighted by atomic mass is 19.1. The average molecular weight is 170 g/mol. The topological polar surface area (TPSA) is 48.1 Å². The van der Waals surface area contributed by atoms with Crippen LogP contribution in [-0.4, -0.2) is 11.6 Å². The monoisotopic (exact) mass is 170 g/mol. The summed E-state index contributed by atoms with van der Waals surface area (Å²) < 4.78 is 17.9. The quantitative estimate of drug-likeness (QED) is 0.701. The Kier molecular flexibility index (Phi) is 2.85. The molecule has 0 saturated carbocycles. The minimum atomic E-state index is -0.677. The summed E-state index contributed by atoms with van der Waals surface area (Å²) in [4.78, 5) is 3.38. The Morgan fingerprint density at radius 2 is 2.42 bits per heavy atom. The highest BCUT2D eigenvalue weighted by Crippen LogP contribution is 2.21. The first-order valence-electron chi connectivity index (χ1n) is 3.78. The summed E-state index contributed by atoms with van der Waals surface area (Å²) >= 11 is 0. The molecule has 0 spiro atoms. The van der Waals surface area contributed by atoms with Crippen molar-refractivity contribution in [2.24, 2.45) is 0 Å². The SMILES string of the molecule is CCCOc1ccnc(F)c1N. The van der Waals surface area contributed by atoms with Gasteiger partial charge in [-0.3, -0.25) is 0 Å². The second-order valence-electron chi connectivity index (χ2n) is 2.36. The number of halogens is 1. The van der Waals surface area contributed by atoms with Crippen LogP contribution in [0.5, 0.6) is 5.75 Å². The lowest BCUT2D eigenvalue weighted by atomic mass is 10.4. The molecule has 0 atom stereocenters. The van der Waals surface area contributed by atoms with Gasteiger partial charge in [-0.2, -0.15) is 4.39 Å². The fraction of sp³-hybridized carbons (Fsp3) is 0.375. The van der Waals surface area contributed by atoms with Crippen molar-refractivity contribution in [2.75, 3.05) is 12.3 Å². The molecule has 0 aliphatic rings. The van der Waals surface area contributed by atoms with Crippen LogP contribution in [0.25, 0.3) is 0 Å². The number of aromatic nitrogens is 1. The summed E-state index contributed by atoms with van der Waals surface area (Å²) in [5, 5.41) is 0. The maximum Gasteiger partial charge on any atom is 0.239 e. The lowest BCUT2D eigenvalue weighted by molar-refractivity contribution is 0.317. The number of hydrogen-bond acceptors (Lipinski definition) is 3. The van der Waals surface area contributed by atoms with Gasteiger partial charge in [0.05, 0.1) is 6.61 Å². The number of nitrogen functional groups attached to an aromatic ring is 1. The molecule has 0 amide bonds. The largest absolute Gasteiger partial charge is 0.491 e. The van der Waals surface area contributed by atoms with Crippen LogP contribution >= 0.6 is 0 Å². The molecule has 1 rings (SSSR count). The van der Waals surface area contributed by atoms with Crippen LogP contribution in [-0.2, 0) is 0 Å². The van der Waals surface area contributed by atoms with Gasteiger partial charge in [0.2, 0.25) is 5.95 Å². The smallest absolute Gasteiger partial charge is 0.239 e. The molecule has 12 heavy (non-hydrogen) atoms. The van der Waals surface area contributed by atoms with Gasteiger partial charge in [-0.1, -0.05) is 6.92 Å². The Morgan fingerprint density at radius 1 is 1.67 bits per heavy atom. The van der Waals surface area contributed by atoms with Crippen LogP contribution < -0.4 is 10.5 Å². The highest BCUT2D eigenvalue weighted by Gasteiger charge is 2.05. The molecule has 1 aromatic heterocycles. The minimum absolute atomic E-state index is 0.0223. The van der Waals surface area contributed by atoms with Crippen molar-refractivity contribution >= 4 is 5.69 Å². The molecular formula is C8H11FN2O. The number of pyridine rings is 1. The van der Waals surface area contributed by atoms with E-state index < -0.39 is 5.95 Å². The summed E-state index contributed by atoms with van der Waals surface area (Å²) in [5.74, 6) is -0.312. The molecular weight excluding hydrogens is 159 g/mol. The molecule has 0 bridgehead atoms. The molecule has 0 aromatic carbocycles. The van der Waals surface area contributed by atoms with E-state index in [-0.39, 0.29) is 5.69 Å². The third-order valence-corrected chi connectivity index (χ3v) is 1.36. The number of ether oxygens (including phenoxy) is 1. The van der Waals surface area contributed by atoms with Gasteiger partial charge >= 0.3 is 0 Å². The van der Waals surface area contributed by atoms with Crippen molar-refractivity contribution in [3.63, 3.8) is 0 Å². The Balaban J connectivity index is 2.78. The molecule has 3 nitrogen and oxygen atoms in total. The van der Waals surface area contributed by atoms with E-state index in [4.69, 9.17) is 10.5 Å². The Hall–Kier alpha value is -1.32. The van der Waals surface area contributed by atoms with E-state index in [1.807, 2.05) is 6.92 Å². The van der Waals surface area contributed by atoms with Crippen molar-refractivity contribution in [3.05, 3.63) is 18.2 Å². The van der Waals surface area contributed by atoms with Crippen molar-refractivity contribution in [2.45, 2.75) is 13.3 Å². The first-order valence-corrected chi connectivity index (χ1v) is 3.78. The number of hydrogen-bond donors (Lipinski definition) is 1. The van der Waals surface area contributed by atoms with Crippen LogP contribution in [0.4, 0.5) is 10.1 Å². The van der Waals surface area contributed by atoms with E-state index in [9.17, 15) is 4.39 Å². The first-order chi connectivity index (χ1) is 5.75. The van der Waals surface area contributed by atoms with Gasteiger partial charge in [-0.15, -0.1) is 0 Å². The van der Waals surface area contributed by atoms with Gasteiger partial charge in [-0.05, 0) is 6.42 Å². The van der Waals surface area contributed by atoms with E-state index >= 15 is 0 Å². The Labute approximate surface area is 70.4 Å². The molecule has 0 aliphatic carbocycles. The van der Waals surface area contributed by atoms with E-state index in [0.717, 1.165) is 6.42 Å². The zero-order valence-electron chi connectivity index (χ0n) is 6.88. The van der Waals surface area contributed by atoms with E-state index in [1.165, 1.54) is 6.20 Å². The van der Waals surface area contributed by atoms with Crippen LogP contribution in [0.15, 0.2) is 12.3 Å². The molecule has 66 valence electrons. The summed E-state index contributed by atoms with van der Waals surface area (Å²) in [6.45, 7) is 2.50. The van der Waals surface area contributed by atoms with E-state index in [0.29, 0.717) is 12.4 Å². The molecule has 1 heterocycles. The maximum atomic E-state index is 12.7. The lowest BCUT2D eigenvalue weighted by Crippen LogP contribution is -2.01. The summed E-state index contributed by atoms with van der Waals surface area (Å²) in [5.41, 5.74) is 5.34. The lowest BCUT2D eigenvalue weighted by Gasteiger charge is -2.06. The van der Waals surface area contributed by atoms with Crippen molar-refractivity contribution in [3.8, 4) is 5.75 Å². The molecule has 0 fully saturated rings. The van der Waals surface area contributed by atoms with Crippen molar-refractivity contribution in [1.29, 1.82) is 0 Å². The van der Waals surface area contributed by atoms with E-state index in [1.54, 1.807) is 6.07 Å². The van der Waals surface area contributed by atoms with Gasteiger partial charge in [0.15, 0.2) is 0 Å². The summed E-state index contributed by atoms with van der Waals surface area (Å²) in [7, 11) is 0. The predicted octanol–water partition coefficient (Wildman–Crippen LogP) is 1.59. The van der Waals surface area contributed by atoms with Crippen LogP contribution in [0.3, 0.4) is 0 Å².